The van der Waals surface area contributed by atoms with E-state index in [-0.39, 0.29) is 17.2 Å². The Balaban J connectivity index is 1.92. The molecule has 1 N–H and O–H groups in total. The summed E-state index contributed by atoms with van der Waals surface area (Å²) in [4.78, 5) is 25.1. The lowest BCUT2D eigenvalue weighted by atomic mass is 10.1. The summed E-state index contributed by atoms with van der Waals surface area (Å²) in [5.41, 5.74) is 2.14. The van der Waals surface area contributed by atoms with E-state index >= 15 is 0 Å². The van der Waals surface area contributed by atoms with Crippen LogP contribution in [0.3, 0.4) is 0 Å². The van der Waals surface area contributed by atoms with E-state index < -0.39 is 34.3 Å². The Kier molecular flexibility index (Phi) is 7.68. The molecule has 7 nitrogen and oxygen atoms in total. The number of halogens is 1. The Morgan fingerprint density at radius 2 is 1.62 bits per heavy atom. The monoisotopic (exact) mass is 484 g/mol. The summed E-state index contributed by atoms with van der Waals surface area (Å²) >= 11 is 0. The summed E-state index contributed by atoms with van der Waals surface area (Å²) in [5.74, 6) is -1.69. The molecule has 0 saturated carbocycles. The maximum atomic E-state index is 13.5. The minimum Gasteiger partial charge on any atom is -0.462 e. The molecular formula is C25H25FN2O5S. The van der Waals surface area contributed by atoms with Crippen molar-refractivity contribution in [3.63, 3.8) is 0 Å². The number of anilines is 2. The fraction of sp³-hybridized carbons (Fsp3) is 0.200. The summed E-state index contributed by atoms with van der Waals surface area (Å²) in [6.07, 6.45) is 0. The second kappa shape index (κ2) is 10.5. The Morgan fingerprint density at radius 1 is 0.971 bits per heavy atom. The van der Waals surface area contributed by atoms with Crippen molar-refractivity contribution >= 4 is 33.3 Å². The molecule has 1 amide bonds. The average Bonchev–Trinajstić information content (AvgIpc) is 2.80. The standard InChI is InChI=1S/C25H25FN2O5S/c1-4-33-25(30)22-6-5-7-23(18(22)3)27-24(29)16-28(20-12-10-19(26)11-13-20)34(31,32)21-14-8-17(2)9-15-21/h5-15H,4,16H2,1-3H3,(H,27,29). The normalized spacial score (nSPS) is 11.1. The number of hydrogen-bond acceptors (Lipinski definition) is 5. The second-order valence-corrected chi connectivity index (χ2v) is 9.41. The van der Waals surface area contributed by atoms with Crippen LogP contribution in [0.4, 0.5) is 15.8 Å². The fourth-order valence-electron chi connectivity index (χ4n) is 3.28. The lowest BCUT2D eigenvalue weighted by Gasteiger charge is -2.24. The Hall–Kier alpha value is -3.72. The van der Waals surface area contributed by atoms with Crippen molar-refractivity contribution in [1.82, 2.24) is 0 Å². The van der Waals surface area contributed by atoms with Crippen molar-refractivity contribution in [1.29, 1.82) is 0 Å². The highest BCUT2D eigenvalue weighted by Crippen LogP contribution is 2.25. The quantitative estimate of drug-likeness (QED) is 0.477. The van der Waals surface area contributed by atoms with Crippen molar-refractivity contribution in [2.75, 3.05) is 22.8 Å². The molecule has 0 aliphatic carbocycles. The topological polar surface area (TPSA) is 92.8 Å². The molecule has 0 aromatic heterocycles. The third kappa shape index (κ3) is 5.60. The van der Waals surface area contributed by atoms with Crippen LogP contribution in [0.5, 0.6) is 0 Å². The van der Waals surface area contributed by atoms with E-state index in [1.165, 1.54) is 24.3 Å². The highest BCUT2D eigenvalue weighted by molar-refractivity contribution is 7.92. The number of carbonyl (C=O) groups excluding carboxylic acids is 2. The van der Waals surface area contributed by atoms with Crippen molar-refractivity contribution in [2.45, 2.75) is 25.7 Å². The first-order chi connectivity index (χ1) is 16.1. The number of sulfonamides is 1. The van der Waals surface area contributed by atoms with Gasteiger partial charge in [0.15, 0.2) is 0 Å². The molecule has 3 aromatic rings. The third-order valence-electron chi connectivity index (χ3n) is 5.11. The van der Waals surface area contributed by atoms with E-state index in [4.69, 9.17) is 4.74 Å². The molecule has 0 aliphatic rings. The maximum absolute atomic E-state index is 13.5. The first kappa shape index (κ1) is 24.9. The van der Waals surface area contributed by atoms with Crippen LogP contribution in [-0.2, 0) is 19.6 Å². The number of carbonyl (C=O) groups is 2. The Labute approximate surface area is 198 Å². The first-order valence-corrected chi connectivity index (χ1v) is 12.0. The van der Waals surface area contributed by atoms with Crippen molar-refractivity contribution in [2.24, 2.45) is 0 Å². The number of aryl methyl sites for hydroxylation is 1. The van der Waals surface area contributed by atoms with Crippen LogP contribution in [0.1, 0.15) is 28.4 Å². The zero-order chi connectivity index (χ0) is 24.9. The zero-order valence-electron chi connectivity index (χ0n) is 19.0. The van der Waals surface area contributed by atoms with E-state index in [2.05, 4.69) is 5.32 Å². The number of rotatable bonds is 8. The molecule has 178 valence electrons. The number of esters is 1. The molecule has 3 aromatic carbocycles. The van der Waals surface area contributed by atoms with Gasteiger partial charge in [-0.05, 0) is 74.9 Å². The average molecular weight is 485 g/mol. The van der Waals surface area contributed by atoms with Crippen LogP contribution in [0.15, 0.2) is 71.6 Å². The van der Waals surface area contributed by atoms with Gasteiger partial charge in [-0.25, -0.2) is 17.6 Å². The maximum Gasteiger partial charge on any atom is 0.338 e. The zero-order valence-corrected chi connectivity index (χ0v) is 19.9. The number of nitrogens with one attached hydrogen (secondary N) is 1. The van der Waals surface area contributed by atoms with E-state index in [9.17, 15) is 22.4 Å². The van der Waals surface area contributed by atoms with Gasteiger partial charge in [0.1, 0.15) is 12.4 Å². The predicted molar refractivity (Wildman–Crippen MR) is 128 cm³/mol. The smallest absolute Gasteiger partial charge is 0.338 e. The molecule has 9 heteroatoms. The van der Waals surface area contributed by atoms with Crippen molar-refractivity contribution < 1.29 is 27.1 Å². The predicted octanol–water partition coefficient (Wildman–Crippen LogP) is 4.45. The van der Waals surface area contributed by atoms with Crippen LogP contribution in [0.25, 0.3) is 0 Å². The van der Waals surface area contributed by atoms with Gasteiger partial charge in [0.25, 0.3) is 10.0 Å². The second-order valence-electron chi connectivity index (χ2n) is 7.55. The summed E-state index contributed by atoms with van der Waals surface area (Å²) < 4.78 is 46.2. The molecule has 0 aliphatic heterocycles. The Bertz CT molecular complexity index is 1290. The molecule has 0 heterocycles. The number of ether oxygens (including phenoxy) is 1. The molecule has 0 unspecified atom stereocenters. The van der Waals surface area contributed by atoms with E-state index in [1.807, 2.05) is 6.92 Å². The SMILES string of the molecule is CCOC(=O)c1cccc(NC(=O)CN(c2ccc(F)cc2)S(=O)(=O)c2ccc(C)cc2)c1C. The van der Waals surface area contributed by atoms with Gasteiger partial charge in [0, 0.05) is 5.69 Å². The minimum atomic E-state index is -4.13. The highest BCUT2D eigenvalue weighted by atomic mass is 32.2. The van der Waals surface area contributed by atoms with Crippen LogP contribution in [0.2, 0.25) is 0 Å². The van der Waals surface area contributed by atoms with Crippen LogP contribution in [-0.4, -0.2) is 33.4 Å². The number of hydrogen-bond donors (Lipinski definition) is 1. The van der Waals surface area contributed by atoms with Gasteiger partial charge in [-0.2, -0.15) is 0 Å². The fourth-order valence-corrected chi connectivity index (χ4v) is 4.70. The highest BCUT2D eigenvalue weighted by Gasteiger charge is 2.27. The molecule has 0 fully saturated rings. The lowest BCUT2D eigenvalue weighted by Crippen LogP contribution is -2.38. The molecular weight excluding hydrogens is 459 g/mol. The molecule has 0 spiro atoms. The lowest BCUT2D eigenvalue weighted by molar-refractivity contribution is -0.114. The molecule has 0 radical (unpaired) electrons. The number of nitrogens with zero attached hydrogens (tertiary/aromatic N) is 1. The molecule has 0 bridgehead atoms. The molecule has 3 rings (SSSR count). The number of benzene rings is 3. The van der Waals surface area contributed by atoms with E-state index in [0.717, 1.165) is 22.0 Å². The summed E-state index contributed by atoms with van der Waals surface area (Å²) in [6.45, 7) is 4.82. The summed E-state index contributed by atoms with van der Waals surface area (Å²) in [6, 6.07) is 15.8. The van der Waals surface area contributed by atoms with Gasteiger partial charge in [-0.15, -0.1) is 0 Å². The molecule has 34 heavy (non-hydrogen) atoms. The van der Waals surface area contributed by atoms with E-state index in [1.54, 1.807) is 44.2 Å². The van der Waals surface area contributed by atoms with Crippen LogP contribution < -0.4 is 9.62 Å². The van der Waals surface area contributed by atoms with Crippen LogP contribution >= 0.6 is 0 Å². The first-order valence-electron chi connectivity index (χ1n) is 10.5. The van der Waals surface area contributed by atoms with Crippen molar-refractivity contribution in [3.8, 4) is 0 Å². The largest absolute Gasteiger partial charge is 0.462 e. The van der Waals surface area contributed by atoms with Gasteiger partial charge in [0.2, 0.25) is 5.91 Å². The Morgan fingerprint density at radius 3 is 2.24 bits per heavy atom. The van der Waals surface area contributed by atoms with Gasteiger partial charge in [-0.3, -0.25) is 9.10 Å². The van der Waals surface area contributed by atoms with Crippen LogP contribution in [0, 0.1) is 19.7 Å². The van der Waals surface area contributed by atoms with Gasteiger partial charge in [0.05, 0.1) is 22.8 Å². The summed E-state index contributed by atoms with van der Waals surface area (Å²) in [7, 11) is -4.13. The number of amides is 1. The third-order valence-corrected chi connectivity index (χ3v) is 6.90. The van der Waals surface area contributed by atoms with Gasteiger partial charge < -0.3 is 10.1 Å². The van der Waals surface area contributed by atoms with Gasteiger partial charge >= 0.3 is 5.97 Å². The van der Waals surface area contributed by atoms with Gasteiger partial charge in [-0.1, -0.05) is 23.8 Å². The molecule has 0 saturated heterocycles. The molecule has 0 atom stereocenters. The van der Waals surface area contributed by atoms with E-state index in [0.29, 0.717) is 16.8 Å². The minimum absolute atomic E-state index is 0.00397. The van der Waals surface area contributed by atoms with Crippen molar-refractivity contribution in [3.05, 3.63) is 89.2 Å². The summed E-state index contributed by atoms with van der Waals surface area (Å²) in [5, 5.41) is 2.66.